The van der Waals surface area contributed by atoms with Crippen LogP contribution in [0.4, 0.5) is 5.69 Å². The summed E-state index contributed by atoms with van der Waals surface area (Å²) < 4.78 is 7.05. The van der Waals surface area contributed by atoms with Crippen LogP contribution in [-0.4, -0.2) is 28.6 Å². The first-order chi connectivity index (χ1) is 14.9. The molecule has 1 N–H and O–H groups in total. The monoisotopic (exact) mass is 471 g/mol. The molecule has 0 radical (unpaired) electrons. The average molecular weight is 472 g/mol. The van der Waals surface area contributed by atoms with E-state index in [4.69, 9.17) is 40.2 Å². The van der Waals surface area contributed by atoms with E-state index in [2.05, 4.69) is 5.32 Å². The molecular formula is C22H15Cl2N3O3S. The standard InChI is InChI=1S/C22H15Cl2N3O3S/c1-30-16-5-2-14(3-6-16)26-9-8-13(12-26)10-17-20(28)25-22(31)27(21(17)29)15-4-7-18(23)19(24)11-15/h2-12H,1H3,(H,25,28,31)/b17-10-. The van der Waals surface area contributed by atoms with Gasteiger partial charge in [0.1, 0.15) is 11.3 Å². The number of halogens is 2. The molecule has 1 saturated heterocycles. The quantitative estimate of drug-likeness (QED) is 0.342. The maximum Gasteiger partial charge on any atom is 0.270 e. The summed E-state index contributed by atoms with van der Waals surface area (Å²) in [6.07, 6.45) is 5.16. The second-order valence-corrected chi connectivity index (χ2v) is 7.81. The van der Waals surface area contributed by atoms with Crippen LogP contribution in [0.5, 0.6) is 5.75 Å². The third-order valence-electron chi connectivity index (χ3n) is 4.66. The molecule has 0 spiro atoms. The van der Waals surface area contributed by atoms with Gasteiger partial charge in [0.2, 0.25) is 0 Å². The molecule has 0 unspecified atom stereocenters. The first kappa shape index (κ1) is 21.1. The van der Waals surface area contributed by atoms with Crippen molar-refractivity contribution in [3.8, 4) is 11.4 Å². The number of anilines is 1. The fourth-order valence-electron chi connectivity index (χ4n) is 3.10. The third kappa shape index (κ3) is 4.20. The van der Waals surface area contributed by atoms with Gasteiger partial charge >= 0.3 is 0 Å². The molecule has 2 amide bonds. The minimum absolute atomic E-state index is 0.0265. The van der Waals surface area contributed by atoms with Crippen LogP contribution >= 0.6 is 35.4 Å². The number of ether oxygens (including phenoxy) is 1. The summed E-state index contributed by atoms with van der Waals surface area (Å²) in [4.78, 5) is 26.8. The number of aromatic nitrogens is 1. The molecule has 31 heavy (non-hydrogen) atoms. The van der Waals surface area contributed by atoms with Crippen molar-refractivity contribution in [1.29, 1.82) is 0 Å². The number of hydrogen-bond donors (Lipinski definition) is 1. The Balaban J connectivity index is 1.65. The van der Waals surface area contributed by atoms with Crippen molar-refractivity contribution in [2.75, 3.05) is 12.0 Å². The lowest BCUT2D eigenvalue weighted by Gasteiger charge is -2.29. The topological polar surface area (TPSA) is 63.6 Å². The molecule has 1 aromatic heterocycles. The third-order valence-corrected chi connectivity index (χ3v) is 5.68. The van der Waals surface area contributed by atoms with E-state index in [1.807, 2.05) is 41.2 Å². The molecule has 0 atom stereocenters. The minimum Gasteiger partial charge on any atom is -0.497 e. The summed E-state index contributed by atoms with van der Waals surface area (Å²) in [6, 6.07) is 14.0. The molecule has 6 nitrogen and oxygen atoms in total. The Kier molecular flexibility index (Phi) is 5.82. The fourth-order valence-corrected chi connectivity index (χ4v) is 3.67. The number of carbonyl (C=O) groups is 2. The zero-order valence-corrected chi connectivity index (χ0v) is 18.5. The van der Waals surface area contributed by atoms with Gasteiger partial charge in [-0.3, -0.25) is 19.8 Å². The Bertz CT molecular complexity index is 1240. The van der Waals surface area contributed by atoms with Crippen molar-refractivity contribution in [3.63, 3.8) is 0 Å². The largest absolute Gasteiger partial charge is 0.497 e. The van der Waals surface area contributed by atoms with Crippen LogP contribution in [0.2, 0.25) is 10.0 Å². The predicted molar refractivity (Wildman–Crippen MR) is 125 cm³/mol. The molecule has 0 aliphatic carbocycles. The summed E-state index contributed by atoms with van der Waals surface area (Å²) >= 11 is 17.2. The molecule has 0 saturated carbocycles. The predicted octanol–water partition coefficient (Wildman–Crippen LogP) is 4.62. The highest BCUT2D eigenvalue weighted by molar-refractivity contribution is 7.80. The first-order valence-electron chi connectivity index (χ1n) is 9.06. The van der Waals surface area contributed by atoms with Crippen LogP contribution in [-0.2, 0) is 9.59 Å². The van der Waals surface area contributed by atoms with Crippen molar-refractivity contribution in [2.24, 2.45) is 0 Å². The maximum atomic E-state index is 13.1. The second kappa shape index (κ2) is 8.55. The van der Waals surface area contributed by atoms with Gasteiger partial charge in [0.25, 0.3) is 11.8 Å². The van der Waals surface area contributed by atoms with Crippen molar-refractivity contribution in [2.45, 2.75) is 0 Å². The average Bonchev–Trinajstić information content (AvgIpc) is 3.22. The van der Waals surface area contributed by atoms with E-state index in [1.165, 1.54) is 17.0 Å². The molecule has 156 valence electrons. The number of benzene rings is 2. The molecule has 1 fully saturated rings. The SMILES string of the molecule is COc1ccc(-n2ccc(/C=C3/C(=O)NC(=S)N(c4ccc(Cl)c(Cl)c4)C3=O)c2)cc1. The van der Waals surface area contributed by atoms with Gasteiger partial charge in [0.05, 0.1) is 22.8 Å². The number of carbonyl (C=O) groups excluding carboxylic acids is 2. The van der Waals surface area contributed by atoms with Gasteiger partial charge in [-0.1, -0.05) is 23.2 Å². The molecule has 1 aliphatic heterocycles. The number of methoxy groups -OCH3 is 1. The van der Waals surface area contributed by atoms with E-state index in [0.717, 1.165) is 11.4 Å². The Morgan fingerprint density at radius 2 is 1.71 bits per heavy atom. The van der Waals surface area contributed by atoms with Crippen LogP contribution in [0.1, 0.15) is 5.56 Å². The van der Waals surface area contributed by atoms with E-state index in [-0.39, 0.29) is 15.7 Å². The number of hydrogen-bond acceptors (Lipinski definition) is 4. The Morgan fingerprint density at radius 1 is 1.00 bits per heavy atom. The van der Waals surface area contributed by atoms with Gasteiger partial charge in [0, 0.05) is 18.1 Å². The highest BCUT2D eigenvalue weighted by atomic mass is 35.5. The van der Waals surface area contributed by atoms with Gasteiger partial charge in [0.15, 0.2) is 5.11 Å². The summed E-state index contributed by atoms with van der Waals surface area (Å²) in [5.41, 5.74) is 1.94. The van der Waals surface area contributed by atoms with E-state index in [9.17, 15) is 9.59 Å². The van der Waals surface area contributed by atoms with Gasteiger partial charge in [-0.15, -0.1) is 0 Å². The number of nitrogens with one attached hydrogen (secondary N) is 1. The number of thiocarbonyl (C=S) groups is 1. The summed E-state index contributed by atoms with van der Waals surface area (Å²) in [6.45, 7) is 0. The van der Waals surface area contributed by atoms with Crippen LogP contribution < -0.4 is 15.0 Å². The Morgan fingerprint density at radius 3 is 2.39 bits per heavy atom. The minimum atomic E-state index is -0.566. The molecule has 4 rings (SSSR count). The van der Waals surface area contributed by atoms with Crippen LogP contribution in [0.15, 0.2) is 66.5 Å². The van der Waals surface area contributed by atoms with Crippen molar-refractivity contribution in [3.05, 3.63) is 82.1 Å². The molecule has 9 heteroatoms. The van der Waals surface area contributed by atoms with Crippen molar-refractivity contribution >= 4 is 64.1 Å². The lowest BCUT2D eigenvalue weighted by molar-refractivity contribution is -0.122. The molecule has 3 aromatic rings. The maximum absolute atomic E-state index is 13.1. The van der Waals surface area contributed by atoms with E-state index < -0.39 is 11.8 Å². The summed E-state index contributed by atoms with van der Waals surface area (Å²) in [5.74, 6) is -0.367. The van der Waals surface area contributed by atoms with Crippen LogP contribution in [0.3, 0.4) is 0 Å². The lowest BCUT2D eigenvalue weighted by Crippen LogP contribution is -2.54. The molecular weight excluding hydrogens is 457 g/mol. The van der Waals surface area contributed by atoms with Crippen molar-refractivity contribution < 1.29 is 14.3 Å². The first-order valence-corrected chi connectivity index (χ1v) is 10.2. The number of nitrogens with zero attached hydrogens (tertiary/aromatic N) is 2. The van der Waals surface area contributed by atoms with Crippen LogP contribution in [0, 0.1) is 0 Å². The van der Waals surface area contributed by atoms with Gasteiger partial charge in [-0.25, -0.2) is 0 Å². The smallest absolute Gasteiger partial charge is 0.270 e. The molecule has 2 aromatic carbocycles. The Labute approximate surface area is 193 Å². The summed E-state index contributed by atoms with van der Waals surface area (Å²) in [5, 5.41) is 3.14. The number of amides is 2. The fraction of sp³-hybridized carbons (Fsp3) is 0.0455. The van der Waals surface area contributed by atoms with E-state index in [1.54, 1.807) is 25.3 Å². The highest BCUT2D eigenvalue weighted by Gasteiger charge is 2.34. The normalized spacial score (nSPS) is 15.4. The summed E-state index contributed by atoms with van der Waals surface area (Å²) in [7, 11) is 1.61. The number of rotatable bonds is 4. The van der Waals surface area contributed by atoms with Gasteiger partial charge < -0.3 is 9.30 Å². The van der Waals surface area contributed by atoms with Gasteiger partial charge in [-0.2, -0.15) is 0 Å². The van der Waals surface area contributed by atoms with E-state index >= 15 is 0 Å². The van der Waals surface area contributed by atoms with E-state index in [0.29, 0.717) is 16.3 Å². The second-order valence-electron chi connectivity index (χ2n) is 6.61. The molecule has 1 aliphatic rings. The zero-order chi connectivity index (χ0) is 22.1. The van der Waals surface area contributed by atoms with Crippen LogP contribution in [0.25, 0.3) is 11.8 Å². The Hall–Kier alpha value is -3.13. The zero-order valence-electron chi connectivity index (χ0n) is 16.1. The lowest BCUT2D eigenvalue weighted by atomic mass is 10.1. The van der Waals surface area contributed by atoms with Gasteiger partial charge in [-0.05, 0) is 72.4 Å². The molecule has 2 heterocycles. The highest BCUT2D eigenvalue weighted by Crippen LogP contribution is 2.29. The van der Waals surface area contributed by atoms with Crippen molar-refractivity contribution in [1.82, 2.24) is 9.88 Å². The molecule has 0 bridgehead atoms.